The molecule has 1 fully saturated rings. The first-order chi connectivity index (χ1) is 7.59. The van der Waals surface area contributed by atoms with E-state index in [1.807, 2.05) is 32.0 Å². The van der Waals surface area contributed by atoms with Crippen LogP contribution in [0.2, 0.25) is 0 Å². The summed E-state index contributed by atoms with van der Waals surface area (Å²) in [5.41, 5.74) is 0.844. The van der Waals surface area contributed by atoms with Crippen LogP contribution in [0.3, 0.4) is 0 Å². The lowest BCUT2D eigenvalue weighted by atomic mass is 9.91. The Labute approximate surface area is 96.0 Å². The first-order valence-electron chi connectivity index (χ1n) is 5.68. The second-order valence-corrected chi connectivity index (χ2v) is 4.38. The molecular formula is C13H18O3. The molecule has 1 aromatic carbocycles. The Morgan fingerprint density at radius 1 is 1.06 bits per heavy atom. The minimum absolute atomic E-state index is 0.0973. The van der Waals surface area contributed by atoms with Crippen LogP contribution in [0.4, 0.5) is 0 Å². The van der Waals surface area contributed by atoms with Gasteiger partial charge in [0.05, 0.1) is 12.2 Å². The summed E-state index contributed by atoms with van der Waals surface area (Å²) >= 11 is 0. The Morgan fingerprint density at radius 2 is 1.75 bits per heavy atom. The zero-order valence-electron chi connectivity index (χ0n) is 9.88. The molecule has 1 aromatic rings. The lowest BCUT2D eigenvalue weighted by Crippen LogP contribution is -2.37. The van der Waals surface area contributed by atoms with Crippen LogP contribution in [-0.2, 0) is 9.47 Å². The Bertz CT molecular complexity index is 364. The molecule has 3 heteroatoms. The number of aromatic hydroxyl groups is 1. The van der Waals surface area contributed by atoms with Crippen molar-refractivity contribution in [3.05, 3.63) is 29.8 Å². The van der Waals surface area contributed by atoms with Crippen molar-refractivity contribution >= 4 is 0 Å². The quantitative estimate of drug-likeness (QED) is 0.794. The molecule has 0 radical (unpaired) electrons. The van der Waals surface area contributed by atoms with Crippen molar-refractivity contribution in [3.63, 3.8) is 0 Å². The van der Waals surface area contributed by atoms with Gasteiger partial charge in [-0.15, -0.1) is 0 Å². The monoisotopic (exact) mass is 222 g/mol. The zero-order chi connectivity index (χ0) is 11.7. The SMILES string of the molecule is C[C@@H]1O[C@H](C)[C@H](C)[C@H](c2ccccc2O)O1. The molecule has 16 heavy (non-hydrogen) atoms. The third-order valence-corrected chi connectivity index (χ3v) is 3.21. The van der Waals surface area contributed by atoms with Crippen LogP contribution < -0.4 is 0 Å². The average molecular weight is 222 g/mol. The highest BCUT2D eigenvalue weighted by molar-refractivity contribution is 5.34. The number of para-hydroxylation sites is 1. The summed E-state index contributed by atoms with van der Waals surface area (Å²) in [4.78, 5) is 0. The molecule has 0 unspecified atom stereocenters. The molecule has 0 aliphatic carbocycles. The van der Waals surface area contributed by atoms with Crippen LogP contribution >= 0.6 is 0 Å². The number of benzene rings is 1. The first-order valence-corrected chi connectivity index (χ1v) is 5.68. The molecule has 3 nitrogen and oxygen atoms in total. The molecule has 0 spiro atoms. The van der Waals surface area contributed by atoms with Crippen molar-refractivity contribution in [3.8, 4) is 5.75 Å². The minimum atomic E-state index is -0.226. The molecule has 1 aliphatic heterocycles. The van der Waals surface area contributed by atoms with Crippen LogP contribution in [0.25, 0.3) is 0 Å². The summed E-state index contributed by atoms with van der Waals surface area (Å²) in [5.74, 6) is 0.519. The van der Waals surface area contributed by atoms with Gasteiger partial charge in [-0.05, 0) is 19.9 Å². The van der Waals surface area contributed by atoms with E-state index in [-0.39, 0.29) is 24.4 Å². The van der Waals surface area contributed by atoms with Gasteiger partial charge in [0.1, 0.15) is 5.75 Å². The van der Waals surface area contributed by atoms with Crippen LogP contribution in [0, 0.1) is 5.92 Å². The summed E-state index contributed by atoms with van der Waals surface area (Å²) in [5, 5.41) is 9.83. The van der Waals surface area contributed by atoms with E-state index in [2.05, 4.69) is 6.92 Å². The number of phenols is 1. The van der Waals surface area contributed by atoms with Gasteiger partial charge in [-0.1, -0.05) is 25.1 Å². The van der Waals surface area contributed by atoms with E-state index >= 15 is 0 Å². The van der Waals surface area contributed by atoms with E-state index in [4.69, 9.17) is 9.47 Å². The zero-order valence-corrected chi connectivity index (χ0v) is 9.88. The fraction of sp³-hybridized carbons (Fsp3) is 0.538. The normalized spacial score (nSPS) is 34.9. The lowest BCUT2D eigenvalue weighted by molar-refractivity contribution is -0.256. The number of ether oxygens (including phenoxy) is 2. The predicted molar refractivity (Wildman–Crippen MR) is 61.1 cm³/mol. The van der Waals surface area contributed by atoms with Gasteiger partial charge in [-0.2, -0.15) is 0 Å². The highest BCUT2D eigenvalue weighted by Crippen LogP contribution is 2.38. The fourth-order valence-electron chi connectivity index (χ4n) is 2.12. The topological polar surface area (TPSA) is 38.7 Å². The number of phenolic OH excluding ortho intramolecular Hbond substituents is 1. The maximum Gasteiger partial charge on any atom is 0.156 e. The van der Waals surface area contributed by atoms with E-state index in [1.165, 1.54) is 0 Å². The van der Waals surface area contributed by atoms with Crippen LogP contribution in [0.15, 0.2) is 24.3 Å². The van der Waals surface area contributed by atoms with Crippen molar-refractivity contribution in [1.29, 1.82) is 0 Å². The standard InChI is InChI=1S/C13H18O3/c1-8-9(2)15-10(3)16-13(8)11-6-4-5-7-12(11)14/h4-10,13-14H,1-3H3/t8-,9+,10+,13+/m0/s1. The van der Waals surface area contributed by atoms with Crippen molar-refractivity contribution in [2.45, 2.75) is 39.3 Å². The average Bonchev–Trinajstić information content (AvgIpc) is 2.24. The second-order valence-electron chi connectivity index (χ2n) is 4.38. The summed E-state index contributed by atoms with van der Waals surface area (Å²) in [6, 6.07) is 7.32. The summed E-state index contributed by atoms with van der Waals surface area (Å²) in [6.07, 6.45) is -0.191. The summed E-state index contributed by atoms with van der Waals surface area (Å²) in [7, 11) is 0. The number of hydrogen-bond acceptors (Lipinski definition) is 3. The predicted octanol–water partition coefficient (Wildman–Crippen LogP) is 2.85. The largest absolute Gasteiger partial charge is 0.508 e. The van der Waals surface area contributed by atoms with Gasteiger partial charge in [0.2, 0.25) is 0 Å². The third kappa shape index (κ3) is 2.06. The number of hydrogen-bond donors (Lipinski definition) is 1. The molecule has 4 atom stereocenters. The molecule has 1 heterocycles. The first kappa shape index (κ1) is 11.4. The molecule has 0 aromatic heterocycles. The van der Waals surface area contributed by atoms with E-state index < -0.39 is 0 Å². The number of rotatable bonds is 1. The summed E-state index contributed by atoms with van der Waals surface area (Å²) in [6.45, 7) is 6.00. The van der Waals surface area contributed by atoms with Crippen LogP contribution in [0.1, 0.15) is 32.4 Å². The van der Waals surface area contributed by atoms with Gasteiger partial charge in [-0.3, -0.25) is 0 Å². The Balaban J connectivity index is 2.29. The highest BCUT2D eigenvalue weighted by atomic mass is 16.7. The van der Waals surface area contributed by atoms with Gasteiger partial charge in [0.15, 0.2) is 6.29 Å². The van der Waals surface area contributed by atoms with Crippen molar-refractivity contribution < 1.29 is 14.6 Å². The van der Waals surface area contributed by atoms with Crippen molar-refractivity contribution in [2.24, 2.45) is 5.92 Å². The Kier molecular flexibility index (Phi) is 3.17. The van der Waals surface area contributed by atoms with Gasteiger partial charge in [-0.25, -0.2) is 0 Å². The molecule has 1 aliphatic rings. The Morgan fingerprint density at radius 3 is 2.44 bits per heavy atom. The van der Waals surface area contributed by atoms with E-state index in [0.717, 1.165) is 5.56 Å². The molecule has 0 saturated carbocycles. The van der Waals surface area contributed by atoms with Gasteiger partial charge >= 0.3 is 0 Å². The molecule has 88 valence electrons. The smallest absolute Gasteiger partial charge is 0.156 e. The second kappa shape index (κ2) is 4.44. The molecular weight excluding hydrogens is 204 g/mol. The maximum absolute atomic E-state index is 9.83. The van der Waals surface area contributed by atoms with Gasteiger partial charge in [0.25, 0.3) is 0 Å². The van der Waals surface area contributed by atoms with Crippen molar-refractivity contribution in [1.82, 2.24) is 0 Å². The fourth-order valence-corrected chi connectivity index (χ4v) is 2.12. The lowest BCUT2D eigenvalue weighted by Gasteiger charge is -2.38. The van der Waals surface area contributed by atoms with Crippen LogP contribution in [-0.4, -0.2) is 17.5 Å². The third-order valence-electron chi connectivity index (χ3n) is 3.21. The summed E-state index contributed by atoms with van der Waals surface area (Å²) < 4.78 is 11.3. The molecule has 0 bridgehead atoms. The maximum atomic E-state index is 9.83. The van der Waals surface area contributed by atoms with Gasteiger partial charge in [0, 0.05) is 11.5 Å². The minimum Gasteiger partial charge on any atom is -0.508 e. The molecule has 2 rings (SSSR count). The molecule has 1 N–H and O–H groups in total. The van der Waals surface area contributed by atoms with E-state index in [1.54, 1.807) is 6.07 Å². The molecule has 1 saturated heterocycles. The van der Waals surface area contributed by atoms with Crippen LogP contribution in [0.5, 0.6) is 5.75 Å². The van der Waals surface area contributed by atoms with Gasteiger partial charge < -0.3 is 14.6 Å². The van der Waals surface area contributed by atoms with E-state index in [0.29, 0.717) is 5.75 Å². The highest BCUT2D eigenvalue weighted by Gasteiger charge is 2.34. The van der Waals surface area contributed by atoms with Crippen molar-refractivity contribution in [2.75, 3.05) is 0 Å². The van der Waals surface area contributed by atoms with E-state index in [9.17, 15) is 5.11 Å². The Hall–Kier alpha value is -1.06. The molecule has 0 amide bonds.